The number of hydrogen-bond donors (Lipinski definition) is 3. The first kappa shape index (κ1) is 20.1. The molecule has 0 amide bonds. The number of aryl methyl sites for hydroxylation is 1. The molecule has 0 aromatic carbocycles. The van der Waals surface area contributed by atoms with Crippen molar-refractivity contribution in [3.05, 3.63) is 28.1 Å². The van der Waals surface area contributed by atoms with Gasteiger partial charge in [-0.15, -0.1) is 11.3 Å². The number of carbonyl (C=O) groups excluding carboxylic acids is 1. The SMILES string of the molecule is CCNc1nc(C)cc(NCCNS(=O)(=O)c2ccsc2C(=O)OC)n1. The van der Waals surface area contributed by atoms with Crippen LogP contribution in [0.25, 0.3) is 0 Å². The number of esters is 1. The standard InChI is InChI=1S/C15H21N5O4S2/c1-4-16-15-19-10(2)9-12(20-15)17-6-7-18-26(22,23)11-5-8-25-13(11)14(21)24-3/h5,8-9,18H,4,6-7H2,1-3H3,(H2,16,17,19,20). The van der Waals surface area contributed by atoms with E-state index in [1.54, 1.807) is 6.07 Å². The number of nitrogens with one attached hydrogen (secondary N) is 3. The fourth-order valence-electron chi connectivity index (χ4n) is 2.10. The lowest BCUT2D eigenvalue weighted by Gasteiger charge is -2.10. The summed E-state index contributed by atoms with van der Waals surface area (Å²) in [5.41, 5.74) is 0.792. The van der Waals surface area contributed by atoms with Gasteiger partial charge < -0.3 is 15.4 Å². The lowest BCUT2D eigenvalue weighted by Crippen LogP contribution is -2.29. The summed E-state index contributed by atoms with van der Waals surface area (Å²) in [6.07, 6.45) is 0. The highest BCUT2D eigenvalue weighted by Gasteiger charge is 2.24. The molecular weight excluding hydrogens is 378 g/mol. The van der Waals surface area contributed by atoms with Crippen LogP contribution in [0.3, 0.4) is 0 Å². The number of aromatic nitrogens is 2. The average Bonchev–Trinajstić information content (AvgIpc) is 3.09. The second kappa shape index (κ2) is 8.92. The zero-order valence-corrected chi connectivity index (χ0v) is 16.3. The Morgan fingerprint density at radius 2 is 2.04 bits per heavy atom. The van der Waals surface area contributed by atoms with Crippen LogP contribution in [0.2, 0.25) is 0 Å². The van der Waals surface area contributed by atoms with Gasteiger partial charge in [0.05, 0.1) is 7.11 Å². The van der Waals surface area contributed by atoms with E-state index >= 15 is 0 Å². The molecule has 0 aliphatic rings. The van der Waals surface area contributed by atoms with Crippen LogP contribution in [0.5, 0.6) is 0 Å². The van der Waals surface area contributed by atoms with E-state index in [1.165, 1.54) is 18.6 Å². The molecule has 2 rings (SSSR count). The van der Waals surface area contributed by atoms with E-state index in [2.05, 4.69) is 30.1 Å². The summed E-state index contributed by atoms with van der Waals surface area (Å²) < 4.78 is 31.8. The summed E-state index contributed by atoms with van der Waals surface area (Å²) in [7, 11) is -2.60. The Kier molecular flexibility index (Phi) is 6.89. The lowest BCUT2D eigenvalue weighted by atomic mass is 10.4. The van der Waals surface area contributed by atoms with Crippen molar-refractivity contribution in [2.45, 2.75) is 18.7 Å². The number of anilines is 2. The van der Waals surface area contributed by atoms with E-state index in [1.807, 2.05) is 13.8 Å². The Labute approximate surface area is 156 Å². The number of ether oxygens (including phenoxy) is 1. The fourth-order valence-corrected chi connectivity index (χ4v) is 4.47. The molecule has 0 atom stereocenters. The zero-order valence-electron chi connectivity index (χ0n) is 14.7. The minimum atomic E-state index is -3.81. The quantitative estimate of drug-likeness (QED) is 0.428. The summed E-state index contributed by atoms with van der Waals surface area (Å²) in [6, 6.07) is 3.15. The molecule has 2 heterocycles. The highest BCUT2D eigenvalue weighted by atomic mass is 32.2. The fraction of sp³-hybridized carbons (Fsp3) is 0.400. The van der Waals surface area contributed by atoms with Gasteiger partial charge in [-0.25, -0.2) is 22.9 Å². The van der Waals surface area contributed by atoms with Crippen LogP contribution in [0, 0.1) is 6.92 Å². The van der Waals surface area contributed by atoms with Gasteiger partial charge in [-0.2, -0.15) is 4.98 Å². The van der Waals surface area contributed by atoms with Crippen molar-refractivity contribution in [3.63, 3.8) is 0 Å². The normalized spacial score (nSPS) is 11.2. The van der Waals surface area contributed by atoms with Gasteiger partial charge in [0.25, 0.3) is 0 Å². The number of rotatable bonds is 9. The minimum Gasteiger partial charge on any atom is -0.465 e. The van der Waals surface area contributed by atoms with E-state index in [4.69, 9.17) is 0 Å². The van der Waals surface area contributed by atoms with Crippen molar-refractivity contribution in [1.82, 2.24) is 14.7 Å². The molecular formula is C15H21N5O4S2. The van der Waals surface area contributed by atoms with Crippen LogP contribution in [0.15, 0.2) is 22.4 Å². The van der Waals surface area contributed by atoms with Crippen LogP contribution in [-0.2, 0) is 14.8 Å². The number of hydrogen-bond acceptors (Lipinski definition) is 9. The Hall–Kier alpha value is -2.24. The molecule has 142 valence electrons. The minimum absolute atomic E-state index is 0.0506. The van der Waals surface area contributed by atoms with Crippen molar-refractivity contribution < 1.29 is 17.9 Å². The first-order valence-corrected chi connectivity index (χ1v) is 10.2. The maximum Gasteiger partial charge on any atom is 0.349 e. The summed E-state index contributed by atoms with van der Waals surface area (Å²) in [5.74, 6) is 0.431. The molecule has 3 N–H and O–H groups in total. The van der Waals surface area contributed by atoms with Gasteiger partial charge in [0, 0.05) is 31.4 Å². The maximum atomic E-state index is 12.4. The van der Waals surface area contributed by atoms with Crippen molar-refractivity contribution in [3.8, 4) is 0 Å². The maximum absolute atomic E-state index is 12.4. The number of carbonyl (C=O) groups is 1. The second-order valence-electron chi connectivity index (χ2n) is 5.18. The summed E-state index contributed by atoms with van der Waals surface area (Å²) in [6.45, 7) is 4.94. The third-order valence-electron chi connectivity index (χ3n) is 3.20. The van der Waals surface area contributed by atoms with Crippen molar-refractivity contribution in [1.29, 1.82) is 0 Å². The number of methoxy groups -OCH3 is 1. The first-order valence-electron chi connectivity index (χ1n) is 7.86. The van der Waals surface area contributed by atoms with Gasteiger partial charge in [-0.05, 0) is 25.3 Å². The van der Waals surface area contributed by atoms with Crippen molar-refractivity contribution in [2.75, 3.05) is 37.4 Å². The summed E-state index contributed by atoms with van der Waals surface area (Å²) in [4.78, 5) is 20.1. The van der Waals surface area contributed by atoms with E-state index in [0.29, 0.717) is 24.9 Å². The van der Waals surface area contributed by atoms with Gasteiger partial charge in [0.15, 0.2) is 0 Å². The van der Waals surface area contributed by atoms with Gasteiger partial charge in [-0.3, -0.25) is 0 Å². The van der Waals surface area contributed by atoms with Crippen LogP contribution >= 0.6 is 11.3 Å². The molecule has 0 radical (unpaired) electrons. The van der Waals surface area contributed by atoms with Gasteiger partial charge >= 0.3 is 5.97 Å². The molecule has 0 aliphatic heterocycles. The third kappa shape index (κ3) is 5.13. The Bertz CT molecular complexity index is 867. The molecule has 0 unspecified atom stereocenters. The zero-order chi connectivity index (χ0) is 19.2. The third-order valence-corrected chi connectivity index (χ3v) is 5.73. The Morgan fingerprint density at radius 3 is 2.73 bits per heavy atom. The highest BCUT2D eigenvalue weighted by Crippen LogP contribution is 2.22. The lowest BCUT2D eigenvalue weighted by molar-refractivity contribution is 0.0602. The first-order chi connectivity index (χ1) is 12.4. The van der Waals surface area contributed by atoms with Gasteiger partial charge in [0.2, 0.25) is 16.0 Å². The van der Waals surface area contributed by atoms with E-state index in [-0.39, 0.29) is 16.3 Å². The van der Waals surface area contributed by atoms with E-state index in [0.717, 1.165) is 17.0 Å². The molecule has 9 nitrogen and oxygen atoms in total. The smallest absolute Gasteiger partial charge is 0.349 e. The van der Waals surface area contributed by atoms with Crippen LogP contribution in [0.1, 0.15) is 22.3 Å². The average molecular weight is 399 g/mol. The van der Waals surface area contributed by atoms with Crippen LogP contribution < -0.4 is 15.4 Å². The molecule has 0 saturated heterocycles. The Balaban J connectivity index is 1.95. The van der Waals surface area contributed by atoms with Crippen molar-refractivity contribution in [2.24, 2.45) is 0 Å². The van der Waals surface area contributed by atoms with E-state index in [9.17, 15) is 13.2 Å². The molecule has 0 aliphatic carbocycles. The predicted molar refractivity (Wildman–Crippen MR) is 100 cm³/mol. The molecule has 11 heteroatoms. The van der Waals surface area contributed by atoms with E-state index < -0.39 is 16.0 Å². The number of sulfonamides is 1. The summed E-state index contributed by atoms with van der Waals surface area (Å²) >= 11 is 1.02. The molecule has 0 spiro atoms. The monoisotopic (exact) mass is 399 g/mol. The molecule has 26 heavy (non-hydrogen) atoms. The van der Waals surface area contributed by atoms with Crippen LogP contribution in [-0.4, -0.2) is 51.1 Å². The van der Waals surface area contributed by atoms with Crippen molar-refractivity contribution >= 4 is 39.1 Å². The van der Waals surface area contributed by atoms with Crippen LogP contribution in [0.4, 0.5) is 11.8 Å². The topological polar surface area (TPSA) is 122 Å². The predicted octanol–water partition coefficient (Wildman–Crippen LogP) is 1.46. The molecule has 0 saturated carbocycles. The second-order valence-corrected chi connectivity index (χ2v) is 7.83. The van der Waals surface area contributed by atoms with Gasteiger partial charge in [0.1, 0.15) is 15.6 Å². The molecule has 2 aromatic heterocycles. The number of thiophene rings is 1. The molecule has 0 bridgehead atoms. The summed E-state index contributed by atoms with van der Waals surface area (Å²) in [5, 5.41) is 7.60. The molecule has 0 fully saturated rings. The molecule has 2 aromatic rings. The highest BCUT2D eigenvalue weighted by molar-refractivity contribution is 7.89. The Morgan fingerprint density at radius 1 is 1.27 bits per heavy atom. The largest absolute Gasteiger partial charge is 0.465 e. The van der Waals surface area contributed by atoms with Gasteiger partial charge in [-0.1, -0.05) is 0 Å². The number of nitrogens with zero attached hydrogens (tertiary/aromatic N) is 2.